The van der Waals surface area contributed by atoms with Gasteiger partial charge in [0, 0.05) is 11.6 Å². The lowest BCUT2D eigenvalue weighted by molar-refractivity contribution is 0.0994. The molecule has 0 saturated carbocycles. The number of benzene rings is 1. The molecule has 0 spiro atoms. The van der Waals surface area contributed by atoms with E-state index in [0.717, 1.165) is 36.1 Å². The highest BCUT2D eigenvalue weighted by Crippen LogP contribution is 2.30. The fourth-order valence-electron chi connectivity index (χ4n) is 3.23. The largest absolute Gasteiger partial charge is 0.451 e. The number of aromatic nitrogens is 1. The first-order chi connectivity index (χ1) is 12.0. The number of fused-ring (bicyclic) bond motifs is 2. The number of carbonyl (C=O) groups is 1. The number of nitrogens with zero attached hydrogens (tertiary/aromatic N) is 1. The highest BCUT2D eigenvalue weighted by molar-refractivity contribution is 6.02. The molecule has 1 aliphatic carbocycles. The zero-order valence-corrected chi connectivity index (χ0v) is 14.1. The topological polar surface area (TPSA) is 85.3 Å². The van der Waals surface area contributed by atoms with E-state index < -0.39 is 5.91 Å². The molecule has 128 valence electrons. The van der Waals surface area contributed by atoms with Crippen LogP contribution in [0.3, 0.4) is 0 Å². The number of hydrogen-bond acceptors (Lipinski definition) is 5. The summed E-state index contributed by atoms with van der Waals surface area (Å²) >= 11 is 0. The van der Waals surface area contributed by atoms with E-state index in [0.29, 0.717) is 22.8 Å². The zero-order valence-electron chi connectivity index (χ0n) is 14.1. The van der Waals surface area contributed by atoms with Crippen LogP contribution in [0.5, 0.6) is 0 Å². The Morgan fingerprint density at radius 1 is 1.32 bits per heavy atom. The van der Waals surface area contributed by atoms with Gasteiger partial charge in [-0.2, -0.15) is 0 Å². The van der Waals surface area contributed by atoms with Crippen LogP contribution in [0.15, 0.2) is 38.0 Å². The number of aryl methyl sites for hydroxylation is 2. The van der Waals surface area contributed by atoms with E-state index in [1.807, 2.05) is 13.0 Å². The summed E-state index contributed by atoms with van der Waals surface area (Å²) < 4.78 is 10.9. The van der Waals surface area contributed by atoms with Gasteiger partial charge in [-0.15, -0.1) is 0 Å². The molecule has 0 fully saturated rings. The summed E-state index contributed by atoms with van der Waals surface area (Å²) in [5.74, 6) is 0.301. The molecule has 1 aromatic carbocycles. The van der Waals surface area contributed by atoms with Crippen molar-refractivity contribution in [3.63, 3.8) is 0 Å². The van der Waals surface area contributed by atoms with Crippen LogP contribution in [0, 0.1) is 12.8 Å². The molecule has 0 aliphatic heterocycles. The van der Waals surface area contributed by atoms with Crippen molar-refractivity contribution in [3.8, 4) is 0 Å². The summed E-state index contributed by atoms with van der Waals surface area (Å²) in [7, 11) is 0. The Kier molecular flexibility index (Phi) is 3.67. The lowest BCUT2D eigenvalue weighted by atomic mass is 9.89. The van der Waals surface area contributed by atoms with Gasteiger partial charge in [0.1, 0.15) is 5.58 Å². The van der Waals surface area contributed by atoms with Crippen LogP contribution < -0.4 is 10.7 Å². The van der Waals surface area contributed by atoms with Crippen molar-refractivity contribution in [2.24, 2.45) is 5.92 Å². The maximum atomic E-state index is 12.5. The van der Waals surface area contributed by atoms with Crippen LogP contribution in [0.1, 0.15) is 40.7 Å². The Morgan fingerprint density at radius 2 is 2.16 bits per heavy atom. The van der Waals surface area contributed by atoms with Crippen molar-refractivity contribution < 1.29 is 13.7 Å². The smallest absolute Gasteiger partial charge is 0.293 e. The lowest BCUT2D eigenvalue weighted by Crippen LogP contribution is -2.17. The molecule has 0 unspecified atom stereocenters. The maximum Gasteiger partial charge on any atom is 0.293 e. The van der Waals surface area contributed by atoms with Crippen LogP contribution in [0.2, 0.25) is 0 Å². The first-order valence-corrected chi connectivity index (χ1v) is 8.34. The molecule has 2 aromatic heterocycles. The predicted molar refractivity (Wildman–Crippen MR) is 92.9 cm³/mol. The second kappa shape index (κ2) is 5.88. The Hall–Kier alpha value is -2.89. The molecular weight excluding hydrogens is 320 g/mol. The van der Waals surface area contributed by atoms with E-state index in [-0.39, 0.29) is 11.2 Å². The molecule has 0 bridgehead atoms. The molecule has 0 saturated heterocycles. The van der Waals surface area contributed by atoms with E-state index in [4.69, 9.17) is 8.94 Å². The Morgan fingerprint density at radius 3 is 3.00 bits per heavy atom. The summed E-state index contributed by atoms with van der Waals surface area (Å²) in [5, 5.41) is 7.18. The van der Waals surface area contributed by atoms with Crippen LogP contribution in [0.25, 0.3) is 11.0 Å². The highest BCUT2D eigenvalue weighted by atomic mass is 16.5. The fourth-order valence-corrected chi connectivity index (χ4v) is 3.23. The Balaban J connectivity index is 1.66. The molecule has 1 N–H and O–H groups in total. The quantitative estimate of drug-likeness (QED) is 0.773. The van der Waals surface area contributed by atoms with Gasteiger partial charge in [-0.25, -0.2) is 0 Å². The minimum absolute atomic E-state index is 0.0460. The number of amides is 1. The number of nitrogens with one attached hydrogen (secondary N) is 1. The van der Waals surface area contributed by atoms with Crippen molar-refractivity contribution in [1.82, 2.24) is 5.16 Å². The minimum Gasteiger partial charge on any atom is -0.451 e. The third-order valence-electron chi connectivity index (χ3n) is 4.63. The molecule has 25 heavy (non-hydrogen) atoms. The Labute approximate surface area is 143 Å². The van der Waals surface area contributed by atoms with E-state index in [9.17, 15) is 9.59 Å². The average molecular weight is 338 g/mol. The fraction of sp³-hybridized carbons (Fsp3) is 0.316. The van der Waals surface area contributed by atoms with Gasteiger partial charge in [0.15, 0.2) is 11.2 Å². The molecule has 0 radical (unpaired) electrons. The van der Waals surface area contributed by atoms with E-state index in [1.165, 1.54) is 6.07 Å². The minimum atomic E-state index is -0.517. The Bertz CT molecular complexity index is 1030. The molecule has 1 amide bonds. The number of carbonyl (C=O) groups excluding carboxylic acids is 1. The molecule has 2 heterocycles. The van der Waals surface area contributed by atoms with Crippen LogP contribution in [0.4, 0.5) is 5.88 Å². The van der Waals surface area contributed by atoms with Crippen molar-refractivity contribution in [2.75, 3.05) is 5.32 Å². The predicted octanol–water partition coefficient (Wildman–Crippen LogP) is 3.47. The number of rotatable bonds is 2. The van der Waals surface area contributed by atoms with Crippen LogP contribution >= 0.6 is 0 Å². The molecule has 3 aromatic rings. The van der Waals surface area contributed by atoms with Crippen molar-refractivity contribution >= 4 is 22.8 Å². The van der Waals surface area contributed by atoms with Gasteiger partial charge in [0.25, 0.3) is 5.91 Å². The second-order valence-electron chi connectivity index (χ2n) is 6.71. The summed E-state index contributed by atoms with van der Waals surface area (Å²) in [6, 6.07) is 6.49. The monoisotopic (exact) mass is 338 g/mol. The molecule has 6 nitrogen and oxygen atoms in total. The maximum absolute atomic E-state index is 12.5. The van der Waals surface area contributed by atoms with Gasteiger partial charge in [-0.1, -0.05) is 23.7 Å². The van der Waals surface area contributed by atoms with Gasteiger partial charge in [-0.3, -0.25) is 14.9 Å². The van der Waals surface area contributed by atoms with Gasteiger partial charge < -0.3 is 8.94 Å². The first kappa shape index (κ1) is 15.6. The number of hydrogen-bond donors (Lipinski definition) is 1. The van der Waals surface area contributed by atoms with Gasteiger partial charge in [0.2, 0.25) is 5.88 Å². The van der Waals surface area contributed by atoms with Gasteiger partial charge >= 0.3 is 0 Å². The van der Waals surface area contributed by atoms with Gasteiger partial charge in [0.05, 0.1) is 11.1 Å². The SMILES string of the molecule is Cc1ccc2oc(C(=O)Nc3onc4c3C[C@@H](C)CC4)cc(=O)c2c1. The molecule has 4 rings (SSSR count). The highest BCUT2D eigenvalue weighted by Gasteiger charge is 2.25. The molecule has 1 atom stereocenters. The summed E-state index contributed by atoms with van der Waals surface area (Å²) in [5.41, 5.74) is 2.92. The van der Waals surface area contributed by atoms with E-state index >= 15 is 0 Å². The van der Waals surface area contributed by atoms with Crippen LogP contribution in [-0.2, 0) is 12.8 Å². The molecular formula is C19H18N2O4. The normalized spacial score (nSPS) is 16.6. The summed E-state index contributed by atoms with van der Waals surface area (Å²) in [4.78, 5) is 24.8. The standard InChI is InChI=1S/C19H18N2O4/c1-10-3-5-14-12(7-10)19(25-21-14)20-18(23)17-9-15(22)13-8-11(2)4-6-16(13)24-17/h4,6,8-10H,3,5,7H2,1-2H3,(H,20,23)/t10-/m0/s1. The summed E-state index contributed by atoms with van der Waals surface area (Å²) in [6.07, 6.45) is 2.72. The second-order valence-corrected chi connectivity index (χ2v) is 6.71. The summed E-state index contributed by atoms with van der Waals surface area (Å²) in [6.45, 7) is 4.06. The number of anilines is 1. The van der Waals surface area contributed by atoms with E-state index in [1.54, 1.807) is 12.1 Å². The van der Waals surface area contributed by atoms with Crippen molar-refractivity contribution in [1.29, 1.82) is 0 Å². The van der Waals surface area contributed by atoms with Crippen molar-refractivity contribution in [3.05, 3.63) is 57.1 Å². The molecule has 1 aliphatic rings. The third-order valence-corrected chi connectivity index (χ3v) is 4.63. The zero-order chi connectivity index (χ0) is 17.6. The van der Waals surface area contributed by atoms with Gasteiger partial charge in [-0.05, 0) is 44.2 Å². The molecule has 6 heteroatoms. The lowest BCUT2D eigenvalue weighted by Gasteiger charge is -2.16. The van der Waals surface area contributed by atoms with Crippen molar-refractivity contribution in [2.45, 2.75) is 33.1 Å². The first-order valence-electron chi connectivity index (χ1n) is 8.34. The third kappa shape index (κ3) is 2.84. The van der Waals surface area contributed by atoms with E-state index in [2.05, 4.69) is 17.4 Å². The van der Waals surface area contributed by atoms with Crippen LogP contribution in [-0.4, -0.2) is 11.1 Å². The average Bonchev–Trinajstić information content (AvgIpc) is 2.97.